The molecule has 2 heterocycles. The summed E-state index contributed by atoms with van der Waals surface area (Å²) in [7, 11) is 2.04. The molecule has 0 unspecified atom stereocenters. The Kier molecular flexibility index (Phi) is 10.1. The number of anilines is 1. The molecular weight excluding hydrogens is 384 g/mol. The van der Waals surface area contributed by atoms with Gasteiger partial charge in [-0.2, -0.15) is 5.26 Å². The van der Waals surface area contributed by atoms with Crippen LogP contribution in [0.5, 0.6) is 5.75 Å². The normalized spacial score (nSPS) is 17.4. The third-order valence-electron chi connectivity index (χ3n) is 5.76. The van der Waals surface area contributed by atoms with Crippen molar-refractivity contribution in [3.05, 3.63) is 29.5 Å². The lowest BCUT2D eigenvalue weighted by Gasteiger charge is -2.28. The number of benzene rings is 1. The molecule has 1 aliphatic heterocycles. The molecule has 5 heteroatoms. The Hall–Kier alpha value is -2.32. The van der Waals surface area contributed by atoms with E-state index in [1.54, 1.807) is 6.20 Å². The zero-order chi connectivity index (χ0) is 22.8. The van der Waals surface area contributed by atoms with Gasteiger partial charge in [0.05, 0.1) is 29.5 Å². The van der Waals surface area contributed by atoms with E-state index in [9.17, 15) is 5.26 Å². The van der Waals surface area contributed by atoms with Crippen LogP contribution in [0, 0.1) is 24.2 Å². The molecular formula is C26H40N4O. The van der Waals surface area contributed by atoms with Gasteiger partial charge in [-0.05, 0) is 43.4 Å². The minimum Gasteiger partial charge on any atom is -0.488 e. The van der Waals surface area contributed by atoms with Crippen LogP contribution in [0.4, 0.5) is 5.69 Å². The second-order valence-electron chi connectivity index (χ2n) is 8.64. The maximum Gasteiger partial charge on any atom is 0.161 e. The van der Waals surface area contributed by atoms with Gasteiger partial charge in [0.25, 0.3) is 0 Å². The van der Waals surface area contributed by atoms with Gasteiger partial charge in [-0.3, -0.25) is 4.98 Å². The quantitative estimate of drug-likeness (QED) is 0.564. The van der Waals surface area contributed by atoms with E-state index in [4.69, 9.17) is 10.5 Å². The van der Waals surface area contributed by atoms with Gasteiger partial charge in [0.1, 0.15) is 12.7 Å². The fraction of sp³-hybridized carbons (Fsp3) is 0.615. The van der Waals surface area contributed by atoms with Crippen LogP contribution in [0.15, 0.2) is 18.3 Å². The molecule has 0 amide bonds. The van der Waals surface area contributed by atoms with Crippen molar-refractivity contribution in [1.82, 2.24) is 4.98 Å². The molecule has 5 nitrogen and oxygen atoms in total. The van der Waals surface area contributed by atoms with Gasteiger partial charge in [0, 0.05) is 18.5 Å². The van der Waals surface area contributed by atoms with Crippen molar-refractivity contribution in [2.45, 2.75) is 78.7 Å². The molecule has 0 bridgehead atoms. The number of likely N-dealkylation sites (N-methyl/N-ethyl adjacent to an activating group) is 1. The number of aromatic nitrogens is 1. The first-order valence-corrected chi connectivity index (χ1v) is 11.9. The van der Waals surface area contributed by atoms with Crippen molar-refractivity contribution in [2.75, 3.05) is 25.1 Å². The van der Waals surface area contributed by atoms with Gasteiger partial charge in [-0.15, -0.1) is 0 Å². The molecule has 2 aliphatic carbocycles. The van der Waals surface area contributed by atoms with Crippen LogP contribution in [0.2, 0.25) is 0 Å². The van der Waals surface area contributed by atoms with Crippen molar-refractivity contribution in [3.63, 3.8) is 0 Å². The summed E-state index contributed by atoms with van der Waals surface area (Å²) < 4.78 is 5.63. The second-order valence-corrected chi connectivity index (χ2v) is 8.64. The smallest absolute Gasteiger partial charge is 0.161 e. The molecule has 3 aliphatic rings. The lowest BCUT2D eigenvalue weighted by Crippen LogP contribution is -2.29. The molecule has 2 saturated carbocycles. The zero-order valence-electron chi connectivity index (χ0n) is 20.1. The summed E-state index contributed by atoms with van der Waals surface area (Å²) in [6.45, 7) is 9.79. The standard InChI is InChI=1S/C14H13N3O.C6H13N.C4H8.C2H6/c1-9-5-10(7-15)13-11(6-9)14-12(8-16-13)18-4-3-17(14)2;7-6-4-2-1-3-5-6;1-4-2-3-4;1-2/h5-6,8H,3-4H2,1-2H3;6H,1-5,7H2;4H,2-3H2,1H3;1-2H3. The monoisotopic (exact) mass is 424 g/mol. The molecule has 31 heavy (non-hydrogen) atoms. The molecule has 0 spiro atoms. The molecule has 170 valence electrons. The number of nitrogens with two attached hydrogens (primary N) is 1. The number of pyridine rings is 1. The highest BCUT2D eigenvalue weighted by Crippen LogP contribution is 2.37. The minimum atomic E-state index is 0.536. The Labute approximate surface area is 188 Å². The van der Waals surface area contributed by atoms with E-state index >= 15 is 0 Å². The van der Waals surface area contributed by atoms with Crippen LogP contribution < -0.4 is 15.4 Å². The van der Waals surface area contributed by atoms with Crippen LogP contribution in [0.1, 0.15) is 76.8 Å². The number of hydrogen-bond acceptors (Lipinski definition) is 5. The average Bonchev–Trinajstić information content (AvgIpc) is 3.58. The van der Waals surface area contributed by atoms with Gasteiger partial charge in [-0.25, -0.2) is 0 Å². The van der Waals surface area contributed by atoms with Gasteiger partial charge in [0.15, 0.2) is 5.75 Å². The Bertz CT molecular complexity index is 864. The van der Waals surface area contributed by atoms with E-state index < -0.39 is 0 Å². The van der Waals surface area contributed by atoms with Crippen molar-refractivity contribution in [2.24, 2.45) is 11.7 Å². The Morgan fingerprint density at radius 2 is 1.77 bits per heavy atom. The maximum absolute atomic E-state index is 9.20. The van der Waals surface area contributed by atoms with Crippen molar-refractivity contribution < 1.29 is 4.74 Å². The van der Waals surface area contributed by atoms with Gasteiger partial charge in [-0.1, -0.05) is 52.9 Å². The van der Waals surface area contributed by atoms with Crippen molar-refractivity contribution in [3.8, 4) is 11.8 Å². The predicted molar refractivity (Wildman–Crippen MR) is 131 cm³/mol. The zero-order valence-corrected chi connectivity index (χ0v) is 20.1. The number of nitriles is 1. The summed E-state index contributed by atoms with van der Waals surface area (Å²) in [6, 6.07) is 6.68. The van der Waals surface area contributed by atoms with Gasteiger partial charge in [0.2, 0.25) is 0 Å². The SMILES string of the molecule is CC.CC1CC1.Cc1cc(C#N)c2ncc3c(c2c1)N(C)CCO3.NC1CCCCC1. The summed E-state index contributed by atoms with van der Waals surface area (Å²) in [4.78, 5) is 6.52. The minimum absolute atomic E-state index is 0.536. The van der Waals surface area contributed by atoms with E-state index in [-0.39, 0.29) is 0 Å². The molecule has 1 aromatic carbocycles. The number of rotatable bonds is 0. The van der Waals surface area contributed by atoms with Gasteiger partial charge < -0.3 is 15.4 Å². The number of nitrogens with zero attached hydrogens (tertiary/aromatic N) is 3. The predicted octanol–water partition coefficient (Wildman–Crippen LogP) is 5.96. The molecule has 5 rings (SSSR count). The van der Waals surface area contributed by atoms with E-state index in [0.29, 0.717) is 18.2 Å². The first-order chi connectivity index (χ1) is 15.0. The molecule has 0 saturated heterocycles. The van der Waals surface area contributed by atoms with Crippen LogP contribution in [-0.2, 0) is 0 Å². The third kappa shape index (κ3) is 7.40. The molecule has 0 radical (unpaired) electrons. The topological polar surface area (TPSA) is 75.2 Å². The highest BCUT2D eigenvalue weighted by Gasteiger charge is 2.20. The van der Waals surface area contributed by atoms with Crippen molar-refractivity contribution >= 4 is 16.6 Å². The number of fused-ring (bicyclic) bond motifs is 3. The third-order valence-corrected chi connectivity index (χ3v) is 5.76. The van der Waals surface area contributed by atoms with E-state index in [0.717, 1.165) is 40.4 Å². The first kappa shape index (κ1) is 24.9. The highest BCUT2D eigenvalue weighted by molar-refractivity contribution is 5.98. The summed E-state index contributed by atoms with van der Waals surface area (Å²) in [5.74, 6) is 1.88. The molecule has 2 aromatic rings. The maximum atomic E-state index is 9.20. The summed E-state index contributed by atoms with van der Waals surface area (Å²) in [5.41, 5.74) is 9.10. The average molecular weight is 425 g/mol. The number of ether oxygens (including phenoxy) is 1. The van der Waals surface area contributed by atoms with Crippen molar-refractivity contribution in [1.29, 1.82) is 5.26 Å². The Morgan fingerprint density at radius 1 is 1.13 bits per heavy atom. The van der Waals surface area contributed by atoms with Crippen LogP contribution in [0.25, 0.3) is 10.9 Å². The molecule has 0 atom stereocenters. The fourth-order valence-corrected chi connectivity index (χ4v) is 3.71. The lowest BCUT2D eigenvalue weighted by molar-refractivity contribution is 0.311. The molecule has 1 aromatic heterocycles. The molecule has 2 N–H and O–H groups in total. The lowest BCUT2D eigenvalue weighted by atomic mass is 9.97. The van der Waals surface area contributed by atoms with Crippen LogP contribution >= 0.6 is 0 Å². The Morgan fingerprint density at radius 3 is 2.29 bits per heavy atom. The first-order valence-electron chi connectivity index (χ1n) is 11.9. The molecule has 2 fully saturated rings. The second kappa shape index (κ2) is 12.5. The van der Waals surface area contributed by atoms with Crippen LogP contribution in [-0.4, -0.2) is 31.2 Å². The summed E-state index contributed by atoms with van der Waals surface area (Å²) >= 11 is 0. The Balaban J connectivity index is 0.000000215. The number of hydrogen-bond donors (Lipinski definition) is 1. The van der Waals surface area contributed by atoms with E-state index in [1.807, 2.05) is 33.9 Å². The van der Waals surface area contributed by atoms with E-state index in [2.05, 4.69) is 28.9 Å². The van der Waals surface area contributed by atoms with Gasteiger partial charge >= 0.3 is 0 Å². The summed E-state index contributed by atoms with van der Waals surface area (Å²) in [5, 5.41) is 10.2. The van der Waals surface area contributed by atoms with E-state index in [1.165, 1.54) is 44.9 Å². The summed E-state index contributed by atoms with van der Waals surface area (Å²) in [6.07, 6.45) is 11.3. The van der Waals surface area contributed by atoms with Crippen LogP contribution in [0.3, 0.4) is 0 Å². The largest absolute Gasteiger partial charge is 0.488 e. The highest BCUT2D eigenvalue weighted by atomic mass is 16.5. The fourth-order valence-electron chi connectivity index (χ4n) is 3.71. The number of aryl methyl sites for hydroxylation is 1.